The highest BCUT2D eigenvalue weighted by Gasteiger charge is 2.19. The van der Waals surface area contributed by atoms with E-state index in [1.807, 2.05) is 45.0 Å². The molecule has 0 saturated heterocycles. The van der Waals surface area contributed by atoms with Gasteiger partial charge in [0.1, 0.15) is 10.9 Å². The maximum atomic E-state index is 12.7. The Morgan fingerprint density at radius 3 is 2.80 bits per heavy atom. The molecule has 0 unspecified atom stereocenters. The van der Waals surface area contributed by atoms with E-state index in [9.17, 15) is 9.59 Å². The van der Waals surface area contributed by atoms with Crippen molar-refractivity contribution in [2.75, 3.05) is 5.32 Å². The van der Waals surface area contributed by atoms with E-state index in [-0.39, 0.29) is 11.5 Å². The highest BCUT2D eigenvalue weighted by atomic mass is 32.1. The molecule has 1 amide bonds. The fourth-order valence-electron chi connectivity index (χ4n) is 2.67. The minimum atomic E-state index is -0.644. The lowest BCUT2D eigenvalue weighted by atomic mass is 10.1. The van der Waals surface area contributed by atoms with Crippen LogP contribution in [-0.4, -0.2) is 15.5 Å². The maximum absolute atomic E-state index is 12.7. The molecule has 2 aromatic heterocycles. The second kappa shape index (κ2) is 6.80. The normalized spacial score (nSPS) is 12.3. The van der Waals surface area contributed by atoms with Gasteiger partial charge in [-0.15, -0.1) is 11.3 Å². The molecular weight excluding hydrogens is 334 g/mol. The van der Waals surface area contributed by atoms with Gasteiger partial charge in [0, 0.05) is 10.6 Å². The third-order valence-electron chi connectivity index (χ3n) is 4.32. The van der Waals surface area contributed by atoms with Crippen LogP contribution >= 0.6 is 11.3 Å². The van der Waals surface area contributed by atoms with Gasteiger partial charge in [-0.05, 0) is 50.5 Å². The van der Waals surface area contributed by atoms with Crippen LogP contribution in [0.15, 0.2) is 35.4 Å². The second-order valence-electron chi connectivity index (χ2n) is 6.23. The van der Waals surface area contributed by atoms with Crippen LogP contribution in [0.5, 0.6) is 0 Å². The van der Waals surface area contributed by atoms with Gasteiger partial charge in [0.05, 0.1) is 11.7 Å². The van der Waals surface area contributed by atoms with Crippen LogP contribution in [0.4, 0.5) is 5.69 Å². The maximum Gasteiger partial charge on any atom is 0.262 e. The third kappa shape index (κ3) is 3.35. The summed E-state index contributed by atoms with van der Waals surface area (Å²) >= 11 is 1.52. The van der Waals surface area contributed by atoms with Crippen LogP contribution < -0.4 is 10.9 Å². The zero-order valence-electron chi connectivity index (χ0n) is 14.8. The third-order valence-corrected chi connectivity index (χ3v) is 5.51. The number of carbonyl (C=O) groups is 1. The molecule has 0 spiro atoms. The fourth-order valence-corrected chi connectivity index (χ4v) is 3.60. The Kier molecular flexibility index (Phi) is 4.72. The van der Waals surface area contributed by atoms with Crippen molar-refractivity contribution < 1.29 is 4.79 Å². The van der Waals surface area contributed by atoms with Crippen molar-refractivity contribution in [2.45, 2.75) is 40.2 Å². The van der Waals surface area contributed by atoms with E-state index < -0.39 is 6.04 Å². The van der Waals surface area contributed by atoms with E-state index >= 15 is 0 Å². The minimum Gasteiger partial charge on any atom is -0.324 e. The Morgan fingerprint density at radius 1 is 1.32 bits per heavy atom. The molecule has 0 aliphatic rings. The summed E-state index contributed by atoms with van der Waals surface area (Å²) in [6.07, 6.45) is 2.33. The minimum absolute atomic E-state index is 0.176. The highest BCUT2D eigenvalue weighted by Crippen LogP contribution is 2.22. The zero-order valence-corrected chi connectivity index (χ0v) is 15.6. The summed E-state index contributed by atoms with van der Waals surface area (Å²) in [5.41, 5.74) is 2.64. The quantitative estimate of drug-likeness (QED) is 0.773. The van der Waals surface area contributed by atoms with Crippen LogP contribution in [0, 0.1) is 13.8 Å². The van der Waals surface area contributed by atoms with Gasteiger partial charge < -0.3 is 5.32 Å². The molecule has 0 aliphatic carbocycles. The molecule has 5 nitrogen and oxygen atoms in total. The van der Waals surface area contributed by atoms with Crippen molar-refractivity contribution >= 4 is 33.1 Å². The summed E-state index contributed by atoms with van der Waals surface area (Å²) in [5.74, 6) is -0.233. The van der Waals surface area contributed by atoms with Crippen molar-refractivity contribution in [3.8, 4) is 0 Å². The molecule has 0 aliphatic heterocycles. The Hall–Kier alpha value is -2.47. The van der Waals surface area contributed by atoms with Gasteiger partial charge in [-0.1, -0.05) is 19.1 Å². The summed E-state index contributed by atoms with van der Waals surface area (Å²) in [5, 5.41) is 3.50. The molecular formula is C19H21N3O2S. The second-order valence-corrected chi connectivity index (χ2v) is 7.34. The van der Waals surface area contributed by atoms with Crippen LogP contribution in [0.3, 0.4) is 0 Å². The smallest absolute Gasteiger partial charge is 0.262 e. The first-order valence-electron chi connectivity index (χ1n) is 8.28. The number of hydrogen-bond acceptors (Lipinski definition) is 4. The first kappa shape index (κ1) is 17.4. The number of rotatable bonds is 4. The lowest BCUT2D eigenvalue weighted by molar-refractivity contribution is -0.118. The molecule has 0 saturated carbocycles. The molecule has 2 heterocycles. The van der Waals surface area contributed by atoms with Crippen LogP contribution in [-0.2, 0) is 11.2 Å². The molecule has 1 aromatic carbocycles. The van der Waals surface area contributed by atoms with Crippen molar-refractivity contribution in [2.24, 2.45) is 0 Å². The highest BCUT2D eigenvalue weighted by molar-refractivity contribution is 7.18. The average molecular weight is 355 g/mol. The number of nitrogens with zero attached hydrogens (tertiary/aromatic N) is 2. The lowest BCUT2D eigenvalue weighted by Crippen LogP contribution is -2.31. The number of hydrogen-bond donors (Lipinski definition) is 1. The van der Waals surface area contributed by atoms with Gasteiger partial charge in [0.2, 0.25) is 5.91 Å². The van der Waals surface area contributed by atoms with Gasteiger partial charge in [-0.3, -0.25) is 14.2 Å². The van der Waals surface area contributed by atoms with E-state index in [0.717, 1.165) is 32.9 Å². The Labute approximate surface area is 150 Å². The SMILES string of the molecule is CCc1cc2c(=O)n([C@H](C)C(=O)Nc3cc(C)ccc3C)cnc2s1. The number of aromatic nitrogens is 2. The molecule has 1 atom stereocenters. The molecule has 3 rings (SSSR count). The largest absolute Gasteiger partial charge is 0.324 e. The zero-order chi connectivity index (χ0) is 18.1. The van der Waals surface area contributed by atoms with Gasteiger partial charge in [-0.2, -0.15) is 0 Å². The summed E-state index contributed by atoms with van der Waals surface area (Å²) < 4.78 is 1.40. The van der Waals surface area contributed by atoms with Crippen molar-refractivity contribution in [1.82, 2.24) is 9.55 Å². The van der Waals surface area contributed by atoms with E-state index in [1.54, 1.807) is 6.92 Å². The Balaban J connectivity index is 1.92. The Morgan fingerprint density at radius 2 is 2.08 bits per heavy atom. The van der Waals surface area contributed by atoms with E-state index in [1.165, 1.54) is 22.2 Å². The molecule has 6 heteroatoms. The van der Waals surface area contributed by atoms with E-state index in [0.29, 0.717) is 5.39 Å². The van der Waals surface area contributed by atoms with E-state index in [4.69, 9.17) is 0 Å². The van der Waals surface area contributed by atoms with Crippen LogP contribution in [0.1, 0.15) is 35.9 Å². The van der Waals surface area contributed by atoms with Crippen molar-refractivity contribution in [3.63, 3.8) is 0 Å². The van der Waals surface area contributed by atoms with Gasteiger partial charge in [-0.25, -0.2) is 4.98 Å². The molecule has 0 radical (unpaired) electrons. The molecule has 0 bridgehead atoms. The number of fused-ring (bicyclic) bond motifs is 1. The fraction of sp³-hybridized carbons (Fsp3) is 0.316. The lowest BCUT2D eigenvalue weighted by Gasteiger charge is -2.16. The van der Waals surface area contributed by atoms with Gasteiger partial charge in [0.15, 0.2) is 0 Å². The topological polar surface area (TPSA) is 64.0 Å². The monoisotopic (exact) mass is 355 g/mol. The first-order chi connectivity index (χ1) is 11.9. The predicted octanol–water partition coefficient (Wildman–Crippen LogP) is 3.84. The number of thiophene rings is 1. The number of anilines is 1. The van der Waals surface area contributed by atoms with Gasteiger partial charge in [0.25, 0.3) is 5.56 Å². The summed E-state index contributed by atoms with van der Waals surface area (Å²) in [6.45, 7) is 7.67. The summed E-state index contributed by atoms with van der Waals surface area (Å²) in [7, 11) is 0. The predicted molar refractivity (Wildman–Crippen MR) is 103 cm³/mol. The summed E-state index contributed by atoms with van der Waals surface area (Å²) in [4.78, 5) is 31.5. The number of amides is 1. The molecule has 0 fully saturated rings. The molecule has 1 N–H and O–H groups in total. The van der Waals surface area contributed by atoms with Crippen LogP contribution in [0.2, 0.25) is 0 Å². The number of benzene rings is 1. The van der Waals surface area contributed by atoms with Crippen molar-refractivity contribution in [1.29, 1.82) is 0 Å². The standard InChI is InChI=1S/C19H21N3O2S/c1-5-14-9-15-18(25-14)20-10-22(19(15)24)13(4)17(23)21-16-8-11(2)6-7-12(16)3/h6-10,13H,5H2,1-4H3,(H,21,23)/t13-/m1/s1. The number of aryl methyl sites for hydroxylation is 3. The van der Waals surface area contributed by atoms with Crippen LogP contribution in [0.25, 0.3) is 10.2 Å². The van der Waals surface area contributed by atoms with Gasteiger partial charge >= 0.3 is 0 Å². The number of carbonyl (C=O) groups excluding carboxylic acids is 1. The number of nitrogens with one attached hydrogen (secondary N) is 1. The molecule has 3 aromatic rings. The molecule has 130 valence electrons. The molecule has 25 heavy (non-hydrogen) atoms. The first-order valence-corrected chi connectivity index (χ1v) is 9.10. The Bertz CT molecular complexity index is 1000. The van der Waals surface area contributed by atoms with E-state index in [2.05, 4.69) is 10.3 Å². The summed E-state index contributed by atoms with van der Waals surface area (Å²) in [6, 6.07) is 7.12. The average Bonchev–Trinajstić information content (AvgIpc) is 3.02. The van der Waals surface area contributed by atoms with Crippen molar-refractivity contribution in [3.05, 3.63) is 57.0 Å².